The zero-order valence-electron chi connectivity index (χ0n) is 10.5. The standard InChI is InChI=1S/C13H14ClN5/c1-9(7-18-6-5-16-8-18)19-11-4-2-3-10(14)12(11)17-13(19)15/h2-6,8-9H,7H2,1H3,(H2,15,17). The number of nitrogens with zero attached hydrogens (tertiary/aromatic N) is 4. The van der Waals surface area contributed by atoms with Crippen molar-refractivity contribution in [3.8, 4) is 0 Å². The van der Waals surface area contributed by atoms with Crippen molar-refractivity contribution >= 4 is 28.6 Å². The Morgan fingerprint density at radius 2 is 2.26 bits per heavy atom. The molecular formula is C13H14ClN5. The normalized spacial score (nSPS) is 12.9. The summed E-state index contributed by atoms with van der Waals surface area (Å²) in [6.07, 6.45) is 5.48. The van der Waals surface area contributed by atoms with Crippen LogP contribution in [-0.4, -0.2) is 19.1 Å². The average Bonchev–Trinajstić information content (AvgIpc) is 2.96. The Hall–Kier alpha value is -2.01. The van der Waals surface area contributed by atoms with Crippen LogP contribution in [0.2, 0.25) is 5.02 Å². The Labute approximate surface area is 115 Å². The van der Waals surface area contributed by atoms with Crippen LogP contribution in [0.3, 0.4) is 0 Å². The van der Waals surface area contributed by atoms with Crippen LogP contribution in [0.1, 0.15) is 13.0 Å². The SMILES string of the molecule is CC(Cn1ccnc1)n1c(N)nc2c(Cl)cccc21. The van der Waals surface area contributed by atoms with Crippen molar-refractivity contribution in [2.24, 2.45) is 0 Å². The molecule has 2 heterocycles. The number of hydrogen-bond acceptors (Lipinski definition) is 3. The average molecular weight is 276 g/mol. The van der Waals surface area contributed by atoms with Gasteiger partial charge in [0, 0.05) is 18.9 Å². The third kappa shape index (κ3) is 2.06. The molecule has 0 amide bonds. The Morgan fingerprint density at radius 3 is 3.00 bits per heavy atom. The molecular weight excluding hydrogens is 262 g/mol. The van der Waals surface area contributed by atoms with Gasteiger partial charge in [-0.05, 0) is 19.1 Å². The van der Waals surface area contributed by atoms with Crippen molar-refractivity contribution in [2.75, 3.05) is 5.73 Å². The van der Waals surface area contributed by atoms with E-state index in [1.807, 2.05) is 33.5 Å². The number of halogens is 1. The van der Waals surface area contributed by atoms with Crippen LogP contribution in [0, 0.1) is 0 Å². The van der Waals surface area contributed by atoms with Crippen molar-refractivity contribution in [2.45, 2.75) is 19.5 Å². The number of aromatic nitrogens is 4. The van der Waals surface area contributed by atoms with E-state index in [9.17, 15) is 0 Å². The molecule has 5 nitrogen and oxygen atoms in total. The summed E-state index contributed by atoms with van der Waals surface area (Å²) < 4.78 is 4.02. The summed E-state index contributed by atoms with van der Waals surface area (Å²) in [5.41, 5.74) is 7.73. The second-order valence-corrected chi connectivity index (χ2v) is 4.96. The lowest BCUT2D eigenvalue weighted by molar-refractivity contribution is 0.479. The highest BCUT2D eigenvalue weighted by atomic mass is 35.5. The van der Waals surface area contributed by atoms with Crippen LogP contribution in [0.5, 0.6) is 0 Å². The van der Waals surface area contributed by atoms with Crippen molar-refractivity contribution < 1.29 is 0 Å². The van der Waals surface area contributed by atoms with Crippen LogP contribution in [0.15, 0.2) is 36.9 Å². The van der Waals surface area contributed by atoms with Gasteiger partial charge in [0.1, 0.15) is 5.52 Å². The second kappa shape index (κ2) is 4.59. The molecule has 3 rings (SSSR count). The van der Waals surface area contributed by atoms with Gasteiger partial charge in [-0.3, -0.25) is 0 Å². The summed E-state index contributed by atoms with van der Waals surface area (Å²) in [6, 6.07) is 5.88. The molecule has 98 valence electrons. The Morgan fingerprint density at radius 1 is 1.42 bits per heavy atom. The number of rotatable bonds is 3. The van der Waals surface area contributed by atoms with Gasteiger partial charge in [-0.2, -0.15) is 0 Å². The fourth-order valence-corrected chi connectivity index (χ4v) is 2.56. The van der Waals surface area contributed by atoms with E-state index in [2.05, 4.69) is 16.9 Å². The van der Waals surface area contributed by atoms with Gasteiger partial charge in [-0.15, -0.1) is 0 Å². The van der Waals surface area contributed by atoms with Crippen LogP contribution >= 0.6 is 11.6 Å². The molecule has 0 saturated heterocycles. The molecule has 6 heteroatoms. The zero-order valence-corrected chi connectivity index (χ0v) is 11.2. The van der Waals surface area contributed by atoms with E-state index in [1.54, 1.807) is 12.5 Å². The predicted octanol–water partition coefficient (Wildman–Crippen LogP) is 2.73. The molecule has 0 aliphatic heterocycles. The Bertz CT molecular complexity index is 701. The maximum absolute atomic E-state index is 6.14. The highest BCUT2D eigenvalue weighted by molar-refractivity contribution is 6.35. The van der Waals surface area contributed by atoms with Gasteiger partial charge < -0.3 is 14.9 Å². The van der Waals surface area contributed by atoms with Crippen molar-refractivity contribution in [1.82, 2.24) is 19.1 Å². The predicted molar refractivity (Wildman–Crippen MR) is 76.1 cm³/mol. The Kier molecular flexibility index (Phi) is 2.91. The summed E-state index contributed by atoms with van der Waals surface area (Å²) in [5.74, 6) is 0.482. The summed E-state index contributed by atoms with van der Waals surface area (Å²) in [7, 11) is 0. The summed E-state index contributed by atoms with van der Waals surface area (Å²) in [4.78, 5) is 8.39. The number of fused-ring (bicyclic) bond motifs is 1. The molecule has 2 aromatic heterocycles. The highest BCUT2D eigenvalue weighted by Gasteiger charge is 2.15. The molecule has 1 unspecified atom stereocenters. The zero-order chi connectivity index (χ0) is 13.4. The molecule has 0 aliphatic rings. The molecule has 1 atom stereocenters. The molecule has 0 fully saturated rings. The van der Waals surface area contributed by atoms with E-state index in [-0.39, 0.29) is 6.04 Å². The number of anilines is 1. The van der Waals surface area contributed by atoms with E-state index in [4.69, 9.17) is 17.3 Å². The number of benzene rings is 1. The molecule has 19 heavy (non-hydrogen) atoms. The first-order valence-electron chi connectivity index (χ1n) is 6.04. The van der Waals surface area contributed by atoms with Gasteiger partial charge in [-0.1, -0.05) is 17.7 Å². The molecule has 3 aromatic rings. The van der Waals surface area contributed by atoms with Crippen LogP contribution < -0.4 is 5.73 Å². The molecule has 0 saturated carbocycles. The summed E-state index contributed by atoms with van der Waals surface area (Å²) in [5, 5.41) is 0.623. The number of para-hydroxylation sites is 1. The smallest absolute Gasteiger partial charge is 0.201 e. The quantitative estimate of drug-likeness (QED) is 0.799. The highest BCUT2D eigenvalue weighted by Crippen LogP contribution is 2.28. The summed E-state index contributed by atoms with van der Waals surface area (Å²) in [6.45, 7) is 2.88. The third-order valence-corrected chi connectivity index (χ3v) is 3.48. The van der Waals surface area contributed by atoms with Gasteiger partial charge in [0.15, 0.2) is 0 Å². The van der Waals surface area contributed by atoms with E-state index in [0.717, 1.165) is 17.6 Å². The minimum absolute atomic E-state index is 0.165. The van der Waals surface area contributed by atoms with Gasteiger partial charge in [-0.25, -0.2) is 9.97 Å². The lowest BCUT2D eigenvalue weighted by Crippen LogP contribution is -2.14. The van der Waals surface area contributed by atoms with Gasteiger partial charge in [0.05, 0.1) is 22.9 Å². The number of nitrogen functional groups attached to an aromatic ring is 1. The Balaban J connectivity index is 2.04. The van der Waals surface area contributed by atoms with E-state index >= 15 is 0 Å². The number of hydrogen-bond donors (Lipinski definition) is 1. The minimum Gasteiger partial charge on any atom is -0.369 e. The topological polar surface area (TPSA) is 61.7 Å². The first-order chi connectivity index (χ1) is 9.16. The number of imidazole rings is 2. The largest absolute Gasteiger partial charge is 0.369 e. The fourth-order valence-electron chi connectivity index (χ4n) is 2.35. The van der Waals surface area contributed by atoms with Crippen molar-refractivity contribution in [1.29, 1.82) is 0 Å². The van der Waals surface area contributed by atoms with Crippen molar-refractivity contribution in [3.05, 3.63) is 41.9 Å². The molecule has 0 spiro atoms. The van der Waals surface area contributed by atoms with Crippen molar-refractivity contribution in [3.63, 3.8) is 0 Å². The van der Waals surface area contributed by atoms with Crippen LogP contribution in [0.25, 0.3) is 11.0 Å². The minimum atomic E-state index is 0.165. The lowest BCUT2D eigenvalue weighted by Gasteiger charge is -2.16. The van der Waals surface area contributed by atoms with E-state index in [0.29, 0.717) is 11.0 Å². The van der Waals surface area contributed by atoms with Crippen LogP contribution in [-0.2, 0) is 6.54 Å². The molecule has 1 aromatic carbocycles. The first kappa shape index (κ1) is 12.0. The maximum Gasteiger partial charge on any atom is 0.201 e. The third-order valence-electron chi connectivity index (χ3n) is 3.17. The summed E-state index contributed by atoms with van der Waals surface area (Å²) >= 11 is 6.14. The number of nitrogens with two attached hydrogens (primary N) is 1. The van der Waals surface area contributed by atoms with Gasteiger partial charge in [0.2, 0.25) is 5.95 Å². The monoisotopic (exact) mass is 275 g/mol. The molecule has 0 radical (unpaired) electrons. The van der Waals surface area contributed by atoms with Gasteiger partial charge in [0.25, 0.3) is 0 Å². The fraction of sp³-hybridized carbons (Fsp3) is 0.231. The van der Waals surface area contributed by atoms with Crippen LogP contribution in [0.4, 0.5) is 5.95 Å². The molecule has 0 bridgehead atoms. The maximum atomic E-state index is 6.14. The van der Waals surface area contributed by atoms with E-state index in [1.165, 1.54) is 0 Å². The van der Waals surface area contributed by atoms with E-state index < -0.39 is 0 Å². The molecule has 2 N–H and O–H groups in total. The van der Waals surface area contributed by atoms with Gasteiger partial charge >= 0.3 is 0 Å². The first-order valence-corrected chi connectivity index (χ1v) is 6.42. The lowest BCUT2D eigenvalue weighted by atomic mass is 10.2. The molecule has 0 aliphatic carbocycles. The second-order valence-electron chi connectivity index (χ2n) is 4.56.